The van der Waals surface area contributed by atoms with Crippen molar-refractivity contribution in [2.45, 2.75) is 20.3 Å². The van der Waals surface area contributed by atoms with Crippen molar-refractivity contribution in [1.29, 1.82) is 0 Å². The molecule has 0 spiro atoms. The van der Waals surface area contributed by atoms with Crippen LogP contribution in [0.2, 0.25) is 0 Å². The molecular weight excluding hydrogens is 268 g/mol. The SMILES string of the molecule is CCc1cc(C(=O)O)c2c(C)nn(-c3ccccn3)c2n1. The fourth-order valence-corrected chi connectivity index (χ4v) is 2.33. The molecule has 0 saturated carbocycles. The molecule has 1 N–H and O–H groups in total. The molecule has 0 aromatic carbocycles. The Kier molecular flexibility index (Phi) is 3.13. The fraction of sp³-hybridized carbons (Fsp3) is 0.200. The number of hydrogen-bond donors (Lipinski definition) is 1. The second-order valence-corrected chi connectivity index (χ2v) is 4.70. The third-order valence-electron chi connectivity index (χ3n) is 3.32. The molecule has 3 rings (SSSR count). The van der Waals surface area contributed by atoms with Gasteiger partial charge in [0.1, 0.15) is 0 Å². The van der Waals surface area contributed by atoms with E-state index >= 15 is 0 Å². The summed E-state index contributed by atoms with van der Waals surface area (Å²) in [6.07, 6.45) is 2.32. The van der Waals surface area contributed by atoms with Gasteiger partial charge in [0.15, 0.2) is 11.5 Å². The lowest BCUT2D eigenvalue weighted by molar-refractivity contribution is 0.0698. The van der Waals surface area contributed by atoms with E-state index in [4.69, 9.17) is 0 Å². The molecule has 0 aliphatic rings. The highest BCUT2D eigenvalue weighted by Crippen LogP contribution is 2.24. The van der Waals surface area contributed by atoms with E-state index in [0.29, 0.717) is 29.0 Å². The predicted molar refractivity (Wildman–Crippen MR) is 77.7 cm³/mol. The second-order valence-electron chi connectivity index (χ2n) is 4.70. The maximum atomic E-state index is 11.5. The van der Waals surface area contributed by atoms with Gasteiger partial charge in [-0.2, -0.15) is 9.78 Å². The lowest BCUT2D eigenvalue weighted by Gasteiger charge is -2.04. The van der Waals surface area contributed by atoms with Gasteiger partial charge >= 0.3 is 5.97 Å². The molecule has 106 valence electrons. The average molecular weight is 282 g/mol. The van der Waals surface area contributed by atoms with Crippen LogP contribution in [0, 0.1) is 6.92 Å². The molecule has 0 atom stereocenters. The normalized spacial score (nSPS) is 11.0. The first kappa shape index (κ1) is 13.2. The number of rotatable bonds is 3. The zero-order valence-electron chi connectivity index (χ0n) is 11.7. The Balaban J connectivity index is 2.39. The van der Waals surface area contributed by atoms with Crippen molar-refractivity contribution in [3.05, 3.63) is 47.4 Å². The van der Waals surface area contributed by atoms with Gasteiger partial charge in [-0.1, -0.05) is 13.0 Å². The van der Waals surface area contributed by atoms with Crippen LogP contribution in [0.25, 0.3) is 16.9 Å². The molecule has 6 heteroatoms. The van der Waals surface area contributed by atoms with Gasteiger partial charge < -0.3 is 5.11 Å². The van der Waals surface area contributed by atoms with Crippen LogP contribution in [0.1, 0.15) is 28.7 Å². The van der Waals surface area contributed by atoms with Crippen LogP contribution >= 0.6 is 0 Å². The third-order valence-corrected chi connectivity index (χ3v) is 3.32. The fourth-order valence-electron chi connectivity index (χ4n) is 2.33. The van der Waals surface area contributed by atoms with Gasteiger partial charge in [0.05, 0.1) is 16.6 Å². The number of carbonyl (C=O) groups is 1. The molecule has 0 unspecified atom stereocenters. The van der Waals surface area contributed by atoms with E-state index in [1.165, 1.54) is 0 Å². The number of carboxylic acid groups (broad SMARTS) is 1. The summed E-state index contributed by atoms with van der Waals surface area (Å²) in [5, 5.41) is 14.4. The molecule has 0 fully saturated rings. The Labute approximate surface area is 121 Å². The van der Waals surface area contributed by atoms with Crippen LogP contribution < -0.4 is 0 Å². The Morgan fingerprint density at radius 3 is 2.81 bits per heavy atom. The number of nitrogens with zero attached hydrogens (tertiary/aromatic N) is 4. The third kappa shape index (κ3) is 2.14. The summed E-state index contributed by atoms with van der Waals surface area (Å²) in [5.41, 5.74) is 2.11. The Morgan fingerprint density at radius 2 is 2.19 bits per heavy atom. The standard InChI is InChI=1S/C15H14N4O2/c1-3-10-8-11(15(20)21)13-9(2)18-19(14(13)17-10)12-6-4-5-7-16-12/h4-8H,3H2,1-2H3,(H,20,21). The van der Waals surface area contributed by atoms with E-state index in [0.717, 1.165) is 5.69 Å². The topological polar surface area (TPSA) is 80.9 Å². The van der Waals surface area contributed by atoms with Crippen LogP contribution in [-0.2, 0) is 6.42 Å². The number of hydrogen-bond acceptors (Lipinski definition) is 4. The van der Waals surface area contributed by atoms with E-state index in [2.05, 4.69) is 15.1 Å². The number of pyridine rings is 2. The van der Waals surface area contributed by atoms with Crippen molar-refractivity contribution in [3.8, 4) is 5.82 Å². The quantitative estimate of drug-likeness (QED) is 0.797. The lowest BCUT2D eigenvalue weighted by Crippen LogP contribution is -2.04. The summed E-state index contributed by atoms with van der Waals surface area (Å²) in [6.45, 7) is 3.72. The van der Waals surface area contributed by atoms with E-state index in [1.54, 1.807) is 23.9 Å². The van der Waals surface area contributed by atoms with Gasteiger partial charge in [-0.15, -0.1) is 0 Å². The van der Waals surface area contributed by atoms with Crippen LogP contribution in [0.15, 0.2) is 30.5 Å². The first-order valence-corrected chi connectivity index (χ1v) is 6.65. The molecule has 3 heterocycles. The van der Waals surface area contributed by atoms with Crippen molar-refractivity contribution in [3.63, 3.8) is 0 Å². The van der Waals surface area contributed by atoms with E-state index in [-0.39, 0.29) is 5.56 Å². The molecule has 0 amide bonds. The molecule has 21 heavy (non-hydrogen) atoms. The molecule has 0 saturated heterocycles. The number of aryl methyl sites for hydroxylation is 2. The van der Waals surface area contributed by atoms with E-state index in [1.807, 2.05) is 25.1 Å². The summed E-state index contributed by atoms with van der Waals surface area (Å²) >= 11 is 0. The minimum absolute atomic E-state index is 0.233. The molecule has 0 aliphatic heterocycles. The Morgan fingerprint density at radius 1 is 1.38 bits per heavy atom. The van der Waals surface area contributed by atoms with Gasteiger partial charge in [0.25, 0.3) is 0 Å². The van der Waals surface area contributed by atoms with E-state index in [9.17, 15) is 9.90 Å². The zero-order chi connectivity index (χ0) is 15.0. The highest BCUT2D eigenvalue weighted by Gasteiger charge is 2.19. The van der Waals surface area contributed by atoms with Crippen LogP contribution in [-0.4, -0.2) is 30.8 Å². The molecule has 3 aromatic heterocycles. The average Bonchev–Trinajstić information content (AvgIpc) is 2.84. The maximum Gasteiger partial charge on any atom is 0.336 e. The Hall–Kier alpha value is -2.76. The number of carboxylic acids is 1. The molecular formula is C15H14N4O2. The minimum atomic E-state index is -0.972. The van der Waals surface area contributed by atoms with Crippen LogP contribution in [0.4, 0.5) is 0 Å². The van der Waals surface area contributed by atoms with Gasteiger partial charge in [-0.25, -0.2) is 14.8 Å². The summed E-state index contributed by atoms with van der Waals surface area (Å²) < 4.78 is 1.59. The molecule has 3 aromatic rings. The first-order chi connectivity index (χ1) is 10.1. The van der Waals surface area contributed by atoms with Gasteiger partial charge in [-0.05, 0) is 31.5 Å². The minimum Gasteiger partial charge on any atom is -0.478 e. The zero-order valence-corrected chi connectivity index (χ0v) is 11.7. The van der Waals surface area contributed by atoms with E-state index < -0.39 is 5.97 Å². The van der Waals surface area contributed by atoms with Gasteiger partial charge in [-0.3, -0.25) is 0 Å². The van der Waals surface area contributed by atoms with Gasteiger partial charge in [0.2, 0.25) is 0 Å². The van der Waals surface area contributed by atoms with Crippen molar-refractivity contribution >= 4 is 17.0 Å². The van der Waals surface area contributed by atoms with Crippen molar-refractivity contribution in [2.24, 2.45) is 0 Å². The van der Waals surface area contributed by atoms with Crippen molar-refractivity contribution < 1.29 is 9.90 Å². The lowest BCUT2D eigenvalue weighted by atomic mass is 10.1. The van der Waals surface area contributed by atoms with Gasteiger partial charge in [0, 0.05) is 11.9 Å². The highest BCUT2D eigenvalue weighted by molar-refractivity contribution is 6.03. The number of aromatic nitrogens is 4. The smallest absolute Gasteiger partial charge is 0.336 e. The second kappa shape index (κ2) is 4.97. The van der Waals surface area contributed by atoms with Crippen LogP contribution in [0.3, 0.4) is 0 Å². The first-order valence-electron chi connectivity index (χ1n) is 6.65. The molecule has 0 radical (unpaired) electrons. The summed E-state index contributed by atoms with van der Waals surface area (Å²) in [6, 6.07) is 7.09. The largest absolute Gasteiger partial charge is 0.478 e. The summed E-state index contributed by atoms with van der Waals surface area (Å²) in [5.74, 6) is -0.353. The molecule has 0 bridgehead atoms. The number of aromatic carboxylic acids is 1. The van der Waals surface area contributed by atoms with Crippen molar-refractivity contribution in [1.82, 2.24) is 19.7 Å². The summed E-state index contributed by atoms with van der Waals surface area (Å²) in [7, 11) is 0. The Bertz CT molecular complexity index is 825. The number of fused-ring (bicyclic) bond motifs is 1. The highest BCUT2D eigenvalue weighted by atomic mass is 16.4. The van der Waals surface area contributed by atoms with Crippen molar-refractivity contribution in [2.75, 3.05) is 0 Å². The monoisotopic (exact) mass is 282 g/mol. The summed E-state index contributed by atoms with van der Waals surface area (Å²) in [4.78, 5) is 20.3. The predicted octanol–water partition coefficient (Wildman–Crippen LogP) is 2.38. The molecule has 0 aliphatic carbocycles. The maximum absolute atomic E-state index is 11.5. The molecule has 6 nitrogen and oxygen atoms in total. The van der Waals surface area contributed by atoms with Crippen LogP contribution in [0.5, 0.6) is 0 Å².